The first-order chi connectivity index (χ1) is 13.3. The summed E-state index contributed by atoms with van der Waals surface area (Å²) in [6.45, 7) is 0. The van der Waals surface area contributed by atoms with Gasteiger partial charge in [-0.15, -0.1) is 0 Å². The molecule has 2 N–H and O–H groups in total. The van der Waals surface area contributed by atoms with E-state index >= 15 is 0 Å². The number of anilines is 1. The molecule has 0 saturated heterocycles. The summed E-state index contributed by atoms with van der Waals surface area (Å²) in [5, 5.41) is 14.5. The molecule has 1 aromatic heterocycles. The van der Waals surface area contributed by atoms with Crippen molar-refractivity contribution in [2.45, 2.75) is 0 Å². The van der Waals surface area contributed by atoms with Crippen molar-refractivity contribution in [1.82, 2.24) is 4.98 Å². The van der Waals surface area contributed by atoms with Gasteiger partial charge in [-0.05, 0) is 23.3 Å². The lowest BCUT2D eigenvalue weighted by atomic mass is 10.1. The standard InChI is InChI=1S/C22H17N3OS/c26-19-13-7-8-16(14-19)15-23-25-22-24-20(17-9-3-1-4-10-17)21(27-22)18-11-5-2-6-12-18/h1-15,26H,(H,24,25)/b23-15-. The summed E-state index contributed by atoms with van der Waals surface area (Å²) in [6, 6.07) is 27.3. The third-order valence-electron chi connectivity index (χ3n) is 3.95. The van der Waals surface area contributed by atoms with Crippen LogP contribution < -0.4 is 5.43 Å². The number of hydrazone groups is 1. The van der Waals surface area contributed by atoms with Crippen LogP contribution in [0.3, 0.4) is 0 Å². The number of aromatic nitrogens is 1. The number of nitrogens with one attached hydrogen (secondary N) is 1. The molecule has 3 aromatic carbocycles. The summed E-state index contributed by atoms with van der Waals surface area (Å²) >= 11 is 1.56. The normalized spacial score (nSPS) is 11.0. The topological polar surface area (TPSA) is 57.5 Å². The molecule has 0 fully saturated rings. The summed E-state index contributed by atoms with van der Waals surface area (Å²) in [7, 11) is 0. The van der Waals surface area contributed by atoms with Gasteiger partial charge in [0.25, 0.3) is 0 Å². The number of rotatable bonds is 5. The van der Waals surface area contributed by atoms with Gasteiger partial charge in [0.15, 0.2) is 0 Å². The Bertz CT molecular complexity index is 1000. The van der Waals surface area contributed by atoms with Gasteiger partial charge in [0.05, 0.1) is 16.8 Å². The van der Waals surface area contributed by atoms with Crippen molar-refractivity contribution in [3.8, 4) is 27.4 Å². The van der Waals surface area contributed by atoms with E-state index in [-0.39, 0.29) is 5.75 Å². The van der Waals surface area contributed by atoms with Gasteiger partial charge in [0.2, 0.25) is 5.13 Å². The summed E-state index contributed by atoms with van der Waals surface area (Å²) < 4.78 is 0. The van der Waals surface area contributed by atoms with Crippen LogP contribution in [0.25, 0.3) is 21.7 Å². The van der Waals surface area contributed by atoms with Crippen LogP contribution in [0, 0.1) is 0 Å². The molecule has 0 saturated carbocycles. The quantitative estimate of drug-likeness (QED) is 0.353. The van der Waals surface area contributed by atoms with E-state index in [0.29, 0.717) is 5.13 Å². The SMILES string of the molecule is Oc1cccc(/C=N\Nc2nc(-c3ccccc3)c(-c3ccccc3)s2)c1. The molecule has 0 aliphatic heterocycles. The molecule has 4 aromatic rings. The highest BCUT2D eigenvalue weighted by molar-refractivity contribution is 7.19. The lowest BCUT2D eigenvalue weighted by Crippen LogP contribution is -1.90. The Labute approximate surface area is 161 Å². The maximum Gasteiger partial charge on any atom is 0.204 e. The Balaban J connectivity index is 1.65. The molecule has 0 amide bonds. The highest BCUT2D eigenvalue weighted by atomic mass is 32.1. The van der Waals surface area contributed by atoms with Gasteiger partial charge in [-0.3, -0.25) is 5.43 Å². The molecular formula is C22H17N3OS. The molecule has 0 radical (unpaired) electrons. The average Bonchev–Trinajstić information content (AvgIpc) is 3.14. The predicted octanol–water partition coefficient (Wildman–Crippen LogP) is 5.63. The Morgan fingerprint density at radius 1 is 0.852 bits per heavy atom. The third-order valence-corrected chi connectivity index (χ3v) is 4.96. The molecule has 0 atom stereocenters. The number of hydrogen-bond donors (Lipinski definition) is 2. The van der Waals surface area contributed by atoms with Crippen molar-refractivity contribution in [1.29, 1.82) is 0 Å². The van der Waals surface area contributed by atoms with Crippen LogP contribution in [0.4, 0.5) is 5.13 Å². The Hall–Kier alpha value is -3.44. The minimum atomic E-state index is 0.214. The number of aromatic hydroxyl groups is 1. The zero-order valence-corrected chi connectivity index (χ0v) is 15.2. The number of thiazole rings is 1. The molecule has 0 unspecified atom stereocenters. The van der Waals surface area contributed by atoms with E-state index < -0.39 is 0 Å². The first-order valence-corrected chi connectivity index (χ1v) is 9.31. The van der Waals surface area contributed by atoms with E-state index in [9.17, 15) is 5.11 Å². The number of phenolic OH excluding ortho intramolecular Hbond substituents is 1. The van der Waals surface area contributed by atoms with E-state index in [0.717, 1.165) is 27.3 Å². The molecular weight excluding hydrogens is 354 g/mol. The minimum Gasteiger partial charge on any atom is -0.508 e. The first kappa shape index (κ1) is 17.0. The van der Waals surface area contributed by atoms with Crippen molar-refractivity contribution in [3.63, 3.8) is 0 Å². The first-order valence-electron chi connectivity index (χ1n) is 8.49. The maximum atomic E-state index is 9.53. The van der Waals surface area contributed by atoms with Crippen molar-refractivity contribution in [3.05, 3.63) is 90.5 Å². The van der Waals surface area contributed by atoms with E-state index in [1.807, 2.05) is 42.5 Å². The van der Waals surface area contributed by atoms with Gasteiger partial charge in [-0.25, -0.2) is 4.98 Å². The zero-order chi connectivity index (χ0) is 18.5. The van der Waals surface area contributed by atoms with Crippen molar-refractivity contribution in [2.24, 2.45) is 5.10 Å². The van der Waals surface area contributed by atoms with Crippen molar-refractivity contribution < 1.29 is 5.11 Å². The van der Waals surface area contributed by atoms with Gasteiger partial charge < -0.3 is 5.11 Å². The van der Waals surface area contributed by atoms with Gasteiger partial charge in [0.1, 0.15) is 5.75 Å². The molecule has 4 nitrogen and oxygen atoms in total. The summed E-state index contributed by atoms with van der Waals surface area (Å²) in [5.74, 6) is 0.214. The van der Waals surface area contributed by atoms with Gasteiger partial charge >= 0.3 is 0 Å². The zero-order valence-electron chi connectivity index (χ0n) is 14.4. The number of benzene rings is 3. The molecule has 132 valence electrons. The summed E-state index contributed by atoms with van der Waals surface area (Å²) in [4.78, 5) is 5.84. The maximum absolute atomic E-state index is 9.53. The summed E-state index contributed by atoms with van der Waals surface area (Å²) in [5.41, 5.74) is 6.94. The predicted molar refractivity (Wildman–Crippen MR) is 112 cm³/mol. The van der Waals surface area contributed by atoms with Gasteiger partial charge in [-0.1, -0.05) is 84.1 Å². The van der Waals surface area contributed by atoms with Crippen LogP contribution in [0.5, 0.6) is 5.75 Å². The van der Waals surface area contributed by atoms with Crippen LogP contribution in [0.15, 0.2) is 90.0 Å². The highest BCUT2D eigenvalue weighted by Crippen LogP contribution is 2.38. The highest BCUT2D eigenvalue weighted by Gasteiger charge is 2.14. The third kappa shape index (κ3) is 4.04. The monoisotopic (exact) mass is 371 g/mol. The van der Waals surface area contributed by atoms with E-state index in [2.05, 4.69) is 34.8 Å². The van der Waals surface area contributed by atoms with Crippen LogP contribution in [0.2, 0.25) is 0 Å². The van der Waals surface area contributed by atoms with E-state index in [4.69, 9.17) is 4.98 Å². The molecule has 0 bridgehead atoms. The Morgan fingerprint density at radius 3 is 2.26 bits per heavy atom. The Morgan fingerprint density at radius 2 is 1.56 bits per heavy atom. The summed E-state index contributed by atoms with van der Waals surface area (Å²) in [6.07, 6.45) is 1.66. The second-order valence-corrected chi connectivity index (χ2v) is 6.89. The van der Waals surface area contributed by atoms with Crippen LogP contribution in [0.1, 0.15) is 5.56 Å². The lowest BCUT2D eigenvalue weighted by Gasteiger charge is -2.02. The molecule has 0 aliphatic carbocycles. The van der Waals surface area contributed by atoms with E-state index in [1.54, 1.807) is 35.8 Å². The molecule has 0 spiro atoms. The van der Waals surface area contributed by atoms with Crippen LogP contribution in [-0.4, -0.2) is 16.3 Å². The average molecular weight is 371 g/mol. The fourth-order valence-corrected chi connectivity index (χ4v) is 3.65. The second-order valence-electron chi connectivity index (χ2n) is 5.89. The smallest absolute Gasteiger partial charge is 0.204 e. The lowest BCUT2D eigenvalue weighted by molar-refractivity contribution is 0.475. The largest absolute Gasteiger partial charge is 0.508 e. The molecule has 1 heterocycles. The second kappa shape index (κ2) is 7.85. The van der Waals surface area contributed by atoms with Crippen molar-refractivity contribution >= 4 is 22.7 Å². The number of phenols is 1. The Kier molecular flexibility index (Phi) is 4.94. The van der Waals surface area contributed by atoms with E-state index in [1.165, 1.54) is 0 Å². The fourth-order valence-electron chi connectivity index (χ4n) is 2.71. The van der Waals surface area contributed by atoms with Gasteiger partial charge in [0, 0.05) is 5.56 Å². The molecule has 27 heavy (non-hydrogen) atoms. The number of hydrogen-bond acceptors (Lipinski definition) is 5. The molecule has 0 aliphatic rings. The molecule has 4 rings (SSSR count). The minimum absolute atomic E-state index is 0.214. The number of nitrogens with zero attached hydrogens (tertiary/aromatic N) is 2. The molecule has 5 heteroatoms. The van der Waals surface area contributed by atoms with Crippen molar-refractivity contribution in [2.75, 3.05) is 5.43 Å². The fraction of sp³-hybridized carbons (Fsp3) is 0. The van der Waals surface area contributed by atoms with Crippen LogP contribution in [-0.2, 0) is 0 Å². The van der Waals surface area contributed by atoms with Gasteiger partial charge in [-0.2, -0.15) is 5.10 Å². The van der Waals surface area contributed by atoms with Crippen LogP contribution >= 0.6 is 11.3 Å².